The molecule has 0 saturated carbocycles. The molecule has 0 aliphatic carbocycles. The van der Waals surface area contributed by atoms with Crippen LogP contribution in [0, 0.1) is 11.3 Å². The molecular formula is C11H13BrClNOSi. The van der Waals surface area contributed by atoms with E-state index in [0.29, 0.717) is 5.02 Å². The van der Waals surface area contributed by atoms with Crippen molar-refractivity contribution in [2.24, 2.45) is 0 Å². The van der Waals surface area contributed by atoms with Crippen molar-refractivity contribution >= 4 is 35.8 Å². The van der Waals surface area contributed by atoms with E-state index in [1.165, 1.54) is 0 Å². The maximum absolute atomic E-state index is 9.10. The molecule has 5 heteroatoms. The molecule has 0 aliphatic heterocycles. The lowest BCUT2D eigenvalue weighted by atomic mass is 10.1. The Morgan fingerprint density at radius 1 is 1.44 bits per heavy atom. The minimum Gasteiger partial charge on any atom is -0.399 e. The fourth-order valence-corrected chi connectivity index (χ4v) is 2.53. The topological polar surface area (TPSA) is 33.0 Å². The summed E-state index contributed by atoms with van der Waals surface area (Å²) in [5.41, 5.74) is 0.804. The third-order valence-corrected chi connectivity index (χ3v) is 4.01. The van der Waals surface area contributed by atoms with Crippen LogP contribution >= 0.6 is 27.5 Å². The standard InChI is InChI=1S/C11H13BrClNOSi/c1-16(2,3)15-11(7-14)8-4-5-9(12)10(13)6-8/h4-6,11H,1-3H3. The second kappa shape index (κ2) is 5.33. The third kappa shape index (κ3) is 3.91. The molecule has 0 heterocycles. The average molecular weight is 319 g/mol. The van der Waals surface area contributed by atoms with Crippen LogP contribution in [0.25, 0.3) is 0 Å². The number of rotatable bonds is 3. The lowest BCUT2D eigenvalue weighted by Gasteiger charge is -2.22. The van der Waals surface area contributed by atoms with Crippen LogP contribution in [0.3, 0.4) is 0 Å². The Balaban J connectivity index is 2.97. The van der Waals surface area contributed by atoms with Gasteiger partial charge in [0.1, 0.15) is 0 Å². The zero-order valence-electron chi connectivity index (χ0n) is 9.42. The van der Waals surface area contributed by atoms with Gasteiger partial charge in [-0.25, -0.2) is 0 Å². The number of hydrogen-bond donors (Lipinski definition) is 0. The van der Waals surface area contributed by atoms with E-state index in [9.17, 15) is 0 Å². The summed E-state index contributed by atoms with van der Waals surface area (Å²) in [6.45, 7) is 6.16. The monoisotopic (exact) mass is 317 g/mol. The molecule has 0 amide bonds. The maximum atomic E-state index is 9.10. The van der Waals surface area contributed by atoms with E-state index in [0.717, 1.165) is 10.0 Å². The molecular weight excluding hydrogens is 306 g/mol. The van der Waals surface area contributed by atoms with Gasteiger partial charge in [-0.2, -0.15) is 5.26 Å². The number of nitriles is 1. The second-order valence-corrected chi connectivity index (χ2v) is 10.1. The van der Waals surface area contributed by atoms with Crippen LogP contribution < -0.4 is 0 Å². The number of hydrogen-bond acceptors (Lipinski definition) is 2. The summed E-state index contributed by atoms with van der Waals surface area (Å²) >= 11 is 9.30. The summed E-state index contributed by atoms with van der Waals surface area (Å²) in [4.78, 5) is 0. The van der Waals surface area contributed by atoms with Gasteiger partial charge in [-0.1, -0.05) is 17.7 Å². The van der Waals surface area contributed by atoms with Gasteiger partial charge in [0.25, 0.3) is 0 Å². The Bertz CT molecular complexity index is 425. The van der Waals surface area contributed by atoms with Gasteiger partial charge in [-0.15, -0.1) is 0 Å². The molecule has 0 N–H and O–H groups in total. The fourth-order valence-electron chi connectivity index (χ4n) is 1.20. The SMILES string of the molecule is C[Si](C)(C)OC(C#N)c1ccc(Br)c(Cl)c1. The summed E-state index contributed by atoms with van der Waals surface area (Å²) in [7, 11) is -1.73. The molecule has 1 rings (SSSR count). The molecule has 0 radical (unpaired) electrons. The highest BCUT2D eigenvalue weighted by atomic mass is 79.9. The Hall–Kier alpha value is -0.343. The zero-order chi connectivity index (χ0) is 12.3. The van der Waals surface area contributed by atoms with Crippen LogP contribution in [0.15, 0.2) is 22.7 Å². The van der Waals surface area contributed by atoms with Crippen LogP contribution in [0.5, 0.6) is 0 Å². The van der Waals surface area contributed by atoms with E-state index in [-0.39, 0.29) is 0 Å². The highest BCUT2D eigenvalue weighted by Gasteiger charge is 2.22. The molecule has 16 heavy (non-hydrogen) atoms. The molecule has 0 spiro atoms. The molecule has 0 bridgehead atoms. The van der Waals surface area contributed by atoms with Gasteiger partial charge < -0.3 is 4.43 Å². The summed E-state index contributed by atoms with van der Waals surface area (Å²) in [5, 5.41) is 9.69. The first-order valence-electron chi connectivity index (χ1n) is 4.86. The van der Waals surface area contributed by atoms with Gasteiger partial charge in [0.2, 0.25) is 0 Å². The Kier molecular flexibility index (Phi) is 4.57. The fraction of sp³-hybridized carbons (Fsp3) is 0.364. The van der Waals surface area contributed by atoms with Crippen LogP contribution in [-0.2, 0) is 4.43 Å². The van der Waals surface area contributed by atoms with Gasteiger partial charge in [0.15, 0.2) is 14.4 Å². The lowest BCUT2D eigenvalue weighted by Crippen LogP contribution is -2.27. The predicted molar refractivity (Wildman–Crippen MR) is 71.9 cm³/mol. The lowest BCUT2D eigenvalue weighted by molar-refractivity contribution is 0.255. The van der Waals surface area contributed by atoms with E-state index in [4.69, 9.17) is 21.3 Å². The van der Waals surface area contributed by atoms with Crippen LogP contribution in [0.4, 0.5) is 0 Å². The number of benzene rings is 1. The summed E-state index contributed by atoms with van der Waals surface area (Å²) in [6, 6.07) is 7.60. The molecule has 0 saturated heterocycles. The molecule has 86 valence electrons. The number of halogens is 2. The van der Waals surface area contributed by atoms with Crippen molar-refractivity contribution in [3.8, 4) is 6.07 Å². The maximum Gasteiger partial charge on any atom is 0.186 e. The molecule has 2 nitrogen and oxygen atoms in total. The van der Waals surface area contributed by atoms with Crippen molar-refractivity contribution in [3.63, 3.8) is 0 Å². The highest BCUT2D eigenvalue weighted by Crippen LogP contribution is 2.28. The Morgan fingerprint density at radius 3 is 2.50 bits per heavy atom. The van der Waals surface area contributed by atoms with E-state index in [1.54, 1.807) is 6.07 Å². The van der Waals surface area contributed by atoms with Crippen LogP contribution in [-0.4, -0.2) is 8.32 Å². The first kappa shape index (κ1) is 13.7. The Morgan fingerprint density at radius 2 is 2.06 bits per heavy atom. The van der Waals surface area contributed by atoms with Gasteiger partial charge in [0, 0.05) is 4.47 Å². The van der Waals surface area contributed by atoms with Crippen molar-refractivity contribution in [2.45, 2.75) is 25.7 Å². The van der Waals surface area contributed by atoms with Crippen molar-refractivity contribution in [2.75, 3.05) is 0 Å². The molecule has 0 aromatic heterocycles. The van der Waals surface area contributed by atoms with Crippen molar-refractivity contribution in [1.29, 1.82) is 5.26 Å². The van der Waals surface area contributed by atoms with E-state index >= 15 is 0 Å². The number of nitrogens with zero attached hydrogens (tertiary/aromatic N) is 1. The minimum atomic E-state index is -1.73. The average Bonchev–Trinajstić information content (AvgIpc) is 2.17. The highest BCUT2D eigenvalue weighted by molar-refractivity contribution is 9.10. The van der Waals surface area contributed by atoms with Gasteiger partial charge in [0.05, 0.1) is 11.1 Å². The molecule has 0 fully saturated rings. The van der Waals surface area contributed by atoms with Crippen LogP contribution in [0.2, 0.25) is 24.7 Å². The minimum absolute atomic E-state index is 0.530. The van der Waals surface area contributed by atoms with E-state index in [2.05, 4.69) is 41.6 Å². The summed E-state index contributed by atoms with van der Waals surface area (Å²) in [5.74, 6) is 0. The quantitative estimate of drug-likeness (QED) is 0.768. The summed E-state index contributed by atoms with van der Waals surface area (Å²) in [6.07, 6.45) is -0.530. The second-order valence-electron chi connectivity index (χ2n) is 4.41. The molecule has 1 atom stereocenters. The normalized spacial score (nSPS) is 13.2. The smallest absolute Gasteiger partial charge is 0.186 e. The molecule has 1 aromatic rings. The van der Waals surface area contributed by atoms with Crippen molar-refractivity contribution < 1.29 is 4.43 Å². The van der Waals surface area contributed by atoms with Gasteiger partial charge in [-0.3, -0.25) is 0 Å². The van der Waals surface area contributed by atoms with Crippen LogP contribution in [0.1, 0.15) is 11.7 Å². The van der Waals surface area contributed by atoms with E-state index < -0.39 is 14.4 Å². The van der Waals surface area contributed by atoms with Crippen molar-refractivity contribution in [1.82, 2.24) is 0 Å². The molecule has 1 aromatic carbocycles. The third-order valence-electron chi connectivity index (χ3n) is 1.84. The molecule has 1 unspecified atom stereocenters. The van der Waals surface area contributed by atoms with E-state index in [1.807, 2.05) is 12.1 Å². The largest absolute Gasteiger partial charge is 0.399 e. The zero-order valence-corrected chi connectivity index (χ0v) is 12.8. The van der Waals surface area contributed by atoms with Crippen molar-refractivity contribution in [3.05, 3.63) is 33.3 Å². The molecule has 0 aliphatic rings. The van der Waals surface area contributed by atoms with Gasteiger partial charge in [-0.05, 0) is 53.3 Å². The predicted octanol–water partition coefficient (Wildman–Crippen LogP) is 4.52. The summed E-state index contributed by atoms with van der Waals surface area (Å²) < 4.78 is 6.59. The first-order chi connectivity index (χ1) is 7.33. The van der Waals surface area contributed by atoms with Gasteiger partial charge >= 0.3 is 0 Å². The Labute approximate surface area is 110 Å². The first-order valence-corrected chi connectivity index (χ1v) is 9.44.